The molecule has 2 fully saturated rings. The Morgan fingerprint density at radius 2 is 1.20 bits per heavy atom. The number of hydrogen-bond acceptors (Lipinski definition) is 4. The minimum atomic E-state index is 0.511. The van der Waals surface area contributed by atoms with Crippen molar-refractivity contribution in [3.63, 3.8) is 0 Å². The molecule has 4 heteroatoms. The summed E-state index contributed by atoms with van der Waals surface area (Å²) in [4.78, 5) is 7.40. The fourth-order valence-corrected chi connectivity index (χ4v) is 2.61. The summed E-state index contributed by atoms with van der Waals surface area (Å²) in [6, 6.07) is 0. The van der Waals surface area contributed by atoms with Gasteiger partial charge in [0, 0.05) is 52.4 Å². The molecule has 2 aliphatic heterocycles. The van der Waals surface area contributed by atoms with E-state index in [0.717, 1.165) is 19.7 Å². The SMILES string of the molecule is CC.CC.CC.CC.CCN1CCN(CCCOC2CN(C)C2)CC1. The quantitative estimate of drug-likeness (QED) is 0.651. The Morgan fingerprint density at radius 3 is 1.60 bits per heavy atom. The lowest BCUT2D eigenvalue weighted by atomic mass is 10.2. The summed E-state index contributed by atoms with van der Waals surface area (Å²) in [5, 5.41) is 0. The van der Waals surface area contributed by atoms with Crippen molar-refractivity contribution in [1.82, 2.24) is 14.7 Å². The second-order valence-corrected chi connectivity index (χ2v) is 5.34. The van der Waals surface area contributed by atoms with Crippen molar-refractivity contribution in [2.75, 3.05) is 66.0 Å². The van der Waals surface area contributed by atoms with E-state index >= 15 is 0 Å². The second kappa shape index (κ2) is 23.8. The van der Waals surface area contributed by atoms with Crippen molar-refractivity contribution in [2.45, 2.75) is 74.8 Å². The fourth-order valence-electron chi connectivity index (χ4n) is 2.61. The molecule has 2 rings (SSSR count). The molecule has 0 spiro atoms. The topological polar surface area (TPSA) is 19.0 Å². The number of hydrogen-bond donors (Lipinski definition) is 0. The molecule has 156 valence electrons. The Bertz CT molecular complexity index is 213. The highest BCUT2D eigenvalue weighted by Gasteiger charge is 2.23. The molecule has 0 N–H and O–H groups in total. The van der Waals surface area contributed by atoms with Crippen LogP contribution in [-0.2, 0) is 4.74 Å². The van der Waals surface area contributed by atoms with E-state index in [4.69, 9.17) is 4.74 Å². The minimum absolute atomic E-state index is 0.511. The molecule has 0 aromatic rings. The lowest BCUT2D eigenvalue weighted by Crippen LogP contribution is -2.50. The van der Waals surface area contributed by atoms with Gasteiger partial charge in [0.25, 0.3) is 0 Å². The highest BCUT2D eigenvalue weighted by Crippen LogP contribution is 2.09. The van der Waals surface area contributed by atoms with E-state index < -0.39 is 0 Å². The Balaban J connectivity index is -0.000000533. The maximum atomic E-state index is 5.80. The van der Waals surface area contributed by atoms with Gasteiger partial charge in [0.15, 0.2) is 0 Å². The second-order valence-electron chi connectivity index (χ2n) is 5.34. The van der Waals surface area contributed by atoms with Gasteiger partial charge in [0.05, 0.1) is 6.10 Å². The van der Waals surface area contributed by atoms with E-state index in [-0.39, 0.29) is 0 Å². The highest BCUT2D eigenvalue weighted by molar-refractivity contribution is 4.77. The molecule has 0 atom stereocenters. The van der Waals surface area contributed by atoms with E-state index in [1.165, 1.54) is 45.7 Å². The number of nitrogens with zero attached hydrogens (tertiary/aromatic N) is 3. The largest absolute Gasteiger partial charge is 0.376 e. The predicted molar refractivity (Wildman–Crippen MR) is 116 cm³/mol. The Hall–Kier alpha value is -0.160. The summed E-state index contributed by atoms with van der Waals surface area (Å²) in [5.41, 5.74) is 0. The van der Waals surface area contributed by atoms with Crippen molar-refractivity contribution >= 4 is 0 Å². The van der Waals surface area contributed by atoms with E-state index in [1.54, 1.807) is 0 Å². The molecular formula is C21H51N3O. The average molecular weight is 362 g/mol. The van der Waals surface area contributed by atoms with Gasteiger partial charge >= 0.3 is 0 Å². The van der Waals surface area contributed by atoms with Crippen LogP contribution in [0.25, 0.3) is 0 Å². The summed E-state index contributed by atoms with van der Waals surface area (Å²) < 4.78 is 5.80. The molecule has 2 aliphatic rings. The van der Waals surface area contributed by atoms with Gasteiger partial charge < -0.3 is 19.4 Å². The van der Waals surface area contributed by atoms with Gasteiger partial charge in [-0.05, 0) is 20.0 Å². The third kappa shape index (κ3) is 15.8. The van der Waals surface area contributed by atoms with Gasteiger partial charge in [-0.3, -0.25) is 0 Å². The number of likely N-dealkylation sites (tertiary alicyclic amines) is 1. The molecule has 0 radical (unpaired) electrons. The first-order valence-electron chi connectivity index (χ1n) is 11.0. The summed E-state index contributed by atoms with van der Waals surface area (Å²) in [6.45, 7) is 28.8. The highest BCUT2D eigenvalue weighted by atomic mass is 16.5. The van der Waals surface area contributed by atoms with Crippen molar-refractivity contribution in [1.29, 1.82) is 0 Å². The molecule has 0 unspecified atom stereocenters. The summed E-state index contributed by atoms with van der Waals surface area (Å²) in [5.74, 6) is 0. The molecule has 0 saturated carbocycles. The molecule has 0 aromatic heterocycles. The van der Waals surface area contributed by atoms with Crippen LogP contribution in [0.5, 0.6) is 0 Å². The molecule has 25 heavy (non-hydrogen) atoms. The molecule has 0 amide bonds. The molecule has 2 heterocycles. The van der Waals surface area contributed by atoms with Crippen LogP contribution in [0.4, 0.5) is 0 Å². The van der Waals surface area contributed by atoms with Crippen LogP contribution in [-0.4, -0.2) is 86.8 Å². The Morgan fingerprint density at radius 1 is 0.760 bits per heavy atom. The molecule has 4 nitrogen and oxygen atoms in total. The van der Waals surface area contributed by atoms with Gasteiger partial charge in [0.2, 0.25) is 0 Å². The predicted octanol–water partition coefficient (Wildman–Crippen LogP) is 4.45. The van der Waals surface area contributed by atoms with Gasteiger partial charge in [-0.1, -0.05) is 62.3 Å². The smallest absolute Gasteiger partial charge is 0.0828 e. The first kappa shape index (κ1) is 29.6. The van der Waals surface area contributed by atoms with Gasteiger partial charge in [-0.15, -0.1) is 0 Å². The Labute approximate surface area is 160 Å². The Kier molecular flexibility index (Phi) is 28.2. The average Bonchev–Trinajstić information content (AvgIpc) is 2.70. The zero-order valence-corrected chi connectivity index (χ0v) is 19.4. The normalized spacial score (nSPS) is 18.0. The summed E-state index contributed by atoms with van der Waals surface area (Å²) in [7, 11) is 2.15. The van der Waals surface area contributed by atoms with Crippen LogP contribution in [0, 0.1) is 0 Å². The molecule has 0 bridgehead atoms. The lowest BCUT2D eigenvalue weighted by molar-refractivity contribution is -0.0458. The number of ether oxygens (including phenoxy) is 1. The van der Waals surface area contributed by atoms with Crippen molar-refractivity contribution in [3.05, 3.63) is 0 Å². The lowest BCUT2D eigenvalue weighted by Gasteiger charge is -2.36. The minimum Gasteiger partial charge on any atom is -0.376 e. The van der Waals surface area contributed by atoms with E-state index in [1.807, 2.05) is 55.4 Å². The first-order chi connectivity index (χ1) is 12.3. The molecule has 0 aliphatic carbocycles. The van der Waals surface area contributed by atoms with Crippen LogP contribution in [0.2, 0.25) is 0 Å². The number of likely N-dealkylation sites (N-methyl/N-ethyl adjacent to an activating group) is 2. The number of piperazine rings is 1. The third-order valence-electron chi connectivity index (χ3n) is 3.91. The molecule has 2 saturated heterocycles. The number of rotatable bonds is 6. The van der Waals surface area contributed by atoms with Crippen LogP contribution in [0.3, 0.4) is 0 Å². The van der Waals surface area contributed by atoms with Crippen LogP contribution < -0.4 is 0 Å². The van der Waals surface area contributed by atoms with Crippen LogP contribution >= 0.6 is 0 Å². The van der Waals surface area contributed by atoms with Gasteiger partial charge in [-0.25, -0.2) is 0 Å². The standard InChI is InChI=1S/C13H27N3O.4C2H6/c1-3-15-6-8-16(9-7-15)5-4-10-17-13-11-14(2)12-13;4*1-2/h13H,3-12H2,1-2H3;4*1-2H3. The van der Waals surface area contributed by atoms with E-state index in [2.05, 4.69) is 28.7 Å². The molecule has 0 aromatic carbocycles. The zero-order chi connectivity index (χ0) is 20.1. The third-order valence-corrected chi connectivity index (χ3v) is 3.91. The van der Waals surface area contributed by atoms with Crippen LogP contribution in [0.15, 0.2) is 0 Å². The van der Waals surface area contributed by atoms with Crippen molar-refractivity contribution < 1.29 is 4.74 Å². The summed E-state index contributed by atoms with van der Waals surface area (Å²) >= 11 is 0. The fraction of sp³-hybridized carbons (Fsp3) is 1.00. The molecular weight excluding hydrogens is 310 g/mol. The monoisotopic (exact) mass is 361 g/mol. The van der Waals surface area contributed by atoms with Crippen LogP contribution in [0.1, 0.15) is 68.7 Å². The summed E-state index contributed by atoms with van der Waals surface area (Å²) in [6.07, 6.45) is 1.70. The maximum Gasteiger partial charge on any atom is 0.0828 e. The zero-order valence-electron chi connectivity index (χ0n) is 19.4. The van der Waals surface area contributed by atoms with Crippen molar-refractivity contribution in [2.24, 2.45) is 0 Å². The maximum absolute atomic E-state index is 5.80. The first-order valence-corrected chi connectivity index (χ1v) is 11.0. The van der Waals surface area contributed by atoms with Gasteiger partial charge in [0.1, 0.15) is 0 Å². The van der Waals surface area contributed by atoms with E-state index in [9.17, 15) is 0 Å². The van der Waals surface area contributed by atoms with Gasteiger partial charge in [-0.2, -0.15) is 0 Å². The van der Waals surface area contributed by atoms with E-state index in [0.29, 0.717) is 6.10 Å². The van der Waals surface area contributed by atoms with Crippen molar-refractivity contribution in [3.8, 4) is 0 Å².